The van der Waals surface area contributed by atoms with E-state index in [0.717, 1.165) is 6.08 Å². The molecule has 0 unspecified atom stereocenters. The summed E-state index contributed by atoms with van der Waals surface area (Å²) in [5, 5.41) is 17.2. The quantitative estimate of drug-likeness (QED) is 0.740. The minimum Gasteiger partial charge on any atom is -0.478 e. The van der Waals surface area contributed by atoms with Crippen LogP contribution in [0.5, 0.6) is 0 Å². The maximum Gasteiger partial charge on any atom is 0.335 e. The predicted molar refractivity (Wildman–Crippen MR) is 54.7 cm³/mol. The predicted octanol–water partition coefficient (Wildman–Crippen LogP) is 1.87. The molecule has 0 saturated heterocycles. The highest BCUT2D eigenvalue weighted by Crippen LogP contribution is 2.14. The summed E-state index contributed by atoms with van der Waals surface area (Å²) in [6.45, 7) is 1.66. The Labute approximate surface area is 86.5 Å². The van der Waals surface area contributed by atoms with Crippen LogP contribution in [0.15, 0.2) is 30.3 Å². The molecule has 0 aliphatic carbocycles. The first kappa shape index (κ1) is 11.0. The Morgan fingerprint density at radius 2 is 1.53 bits per heavy atom. The molecule has 0 aromatic heterocycles. The van der Waals surface area contributed by atoms with Gasteiger partial charge in [0.25, 0.3) is 0 Å². The van der Waals surface area contributed by atoms with Crippen molar-refractivity contribution in [2.24, 2.45) is 0 Å². The average molecular weight is 206 g/mol. The van der Waals surface area contributed by atoms with Gasteiger partial charge in [-0.2, -0.15) is 0 Å². The number of carboxylic acid groups (broad SMARTS) is 2. The highest BCUT2D eigenvalue weighted by molar-refractivity contribution is 5.91. The van der Waals surface area contributed by atoms with Crippen LogP contribution in [0.2, 0.25) is 0 Å². The Morgan fingerprint density at radius 3 is 1.93 bits per heavy atom. The molecule has 2 N–H and O–H groups in total. The lowest BCUT2D eigenvalue weighted by atomic mass is 10.1. The minimum atomic E-state index is -1.02. The molecule has 0 spiro atoms. The van der Waals surface area contributed by atoms with Crippen molar-refractivity contribution in [1.82, 2.24) is 0 Å². The smallest absolute Gasteiger partial charge is 0.335 e. The summed E-state index contributed by atoms with van der Waals surface area (Å²) in [5.74, 6) is -2.02. The zero-order valence-corrected chi connectivity index (χ0v) is 8.10. The van der Waals surface area contributed by atoms with Gasteiger partial charge in [0, 0.05) is 6.08 Å². The second kappa shape index (κ2) is 4.41. The third-order valence-corrected chi connectivity index (χ3v) is 1.93. The van der Waals surface area contributed by atoms with Gasteiger partial charge in [-0.15, -0.1) is 0 Å². The summed E-state index contributed by atoms with van der Waals surface area (Å²) in [6, 6.07) is 6.05. The molecule has 0 amide bonds. The molecule has 4 heteroatoms. The molecular formula is C11H10O4. The molecule has 1 aromatic carbocycles. The van der Waals surface area contributed by atoms with E-state index in [-0.39, 0.29) is 5.56 Å². The van der Waals surface area contributed by atoms with Gasteiger partial charge < -0.3 is 10.2 Å². The molecule has 0 atom stereocenters. The summed E-state index contributed by atoms with van der Waals surface area (Å²) in [4.78, 5) is 20.9. The first-order valence-electron chi connectivity index (χ1n) is 4.25. The topological polar surface area (TPSA) is 74.6 Å². The van der Waals surface area contributed by atoms with E-state index in [1.54, 1.807) is 19.1 Å². The van der Waals surface area contributed by atoms with Gasteiger partial charge in [-0.3, -0.25) is 0 Å². The fourth-order valence-corrected chi connectivity index (χ4v) is 1.14. The molecule has 78 valence electrons. The van der Waals surface area contributed by atoms with E-state index in [1.807, 2.05) is 0 Å². The van der Waals surface area contributed by atoms with E-state index in [9.17, 15) is 9.59 Å². The normalized spacial score (nSPS) is 11.1. The molecular weight excluding hydrogens is 196 g/mol. The number of hydrogen-bond donors (Lipinski definition) is 2. The van der Waals surface area contributed by atoms with E-state index in [0.29, 0.717) is 11.1 Å². The van der Waals surface area contributed by atoms with E-state index >= 15 is 0 Å². The number of benzene rings is 1. The third kappa shape index (κ3) is 2.95. The lowest BCUT2D eigenvalue weighted by Crippen LogP contribution is -1.96. The van der Waals surface area contributed by atoms with Gasteiger partial charge in [0.05, 0.1) is 5.56 Å². The standard InChI is InChI=1S/C11H10O4/c1-7(6-10(12)13)8-2-4-9(5-3-8)11(14)15/h2-6H,1H3,(H,12,13)(H,14,15). The van der Waals surface area contributed by atoms with Crippen LogP contribution >= 0.6 is 0 Å². The highest BCUT2D eigenvalue weighted by atomic mass is 16.4. The van der Waals surface area contributed by atoms with Crippen LogP contribution in [-0.4, -0.2) is 22.2 Å². The summed E-state index contributed by atoms with van der Waals surface area (Å²) < 4.78 is 0. The molecule has 15 heavy (non-hydrogen) atoms. The van der Waals surface area contributed by atoms with Gasteiger partial charge in [-0.25, -0.2) is 9.59 Å². The van der Waals surface area contributed by atoms with E-state index in [1.165, 1.54) is 12.1 Å². The van der Waals surface area contributed by atoms with Crippen molar-refractivity contribution in [3.8, 4) is 0 Å². The van der Waals surface area contributed by atoms with Crippen molar-refractivity contribution in [2.75, 3.05) is 0 Å². The number of aliphatic carboxylic acids is 1. The molecule has 0 bridgehead atoms. The van der Waals surface area contributed by atoms with Crippen molar-refractivity contribution in [2.45, 2.75) is 6.92 Å². The summed E-state index contributed by atoms with van der Waals surface area (Å²) in [6.07, 6.45) is 1.08. The summed E-state index contributed by atoms with van der Waals surface area (Å²) >= 11 is 0. The van der Waals surface area contributed by atoms with Gasteiger partial charge in [0.15, 0.2) is 0 Å². The average Bonchev–Trinajstić information content (AvgIpc) is 2.17. The molecule has 0 saturated carbocycles. The van der Waals surface area contributed by atoms with Gasteiger partial charge >= 0.3 is 11.9 Å². The van der Waals surface area contributed by atoms with Crippen LogP contribution < -0.4 is 0 Å². The molecule has 0 heterocycles. The van der Waals surface area contributed by atoms with Crippen LogP contribution in [0, 0.1) is 0 Å². The van der Waals surface area contributed by atoms with Crippen molar-refractivity contribution >= 4 is 17.5 Å². The van der Waals surface area contributed by atoms with Gasteiger partial charge in [-0.1, -0.05) is 12.1 Å². The molecule has 0 radical (unpaired) electrons. The summed E-state index contributed by atoms with van der Waals surface area (Å²) in [7, 11) is 0. The lowest BCUT2D eigenvalue weighted by Gasteiger charge is -2.00. The fraction of sp³-hybridized carbons (Fsp3) is 0.0909. The Bertz CT molecular complexity index is 415. The van der Waals surface area contributed by atoms with Crippen LogP contribution in [0.1, 0.15) is 22.8 Å². The van der Waals surface area contributed by atoms with Gasteiger partial charge in [0.1, 0.15) is 0 Å². The largest absolute Gasteiger partial charge is 0.478 e. The number of hydrogen-bond acceptors (Lipinski definition) is 2. The summed E-state index contributed by atoms with van der Waals surface area (Å²) in [5.41, 5.74) is 1.46. The van der Waals surface area contributed by atoms with Crippen molar-refractivity contribution in [3.05, 3.63) is 41.5 Å². The SMILES string of the molecule is CC(=CC(=O)O)c1ccc(C(=O)O)cc1. The number of carboxylic acids is 2. The Balaban J connectivity index is 2.99. The van der Waals surface area contributed by atoms with Crippen LogP contribution in [0.4, 0.5) is 0 Å². The molecule has 0 fully saturated rings. The highest BCUT2D eigenvalue weighted by Gasteiger charge is 2.03. The minimum absolute atomic E-state index is 0.182. The molecule has 0 aliphatic rings. The van der Waals surface area contributed by atoms with Crippen LogP contribution in [0.25, 0.3) is 5.57 Å². The molecule has 4 nitrogen and oxygen atoms in total. The molecule has 1 rings (SSSR count). The number of allylic oxidation sites excluding steroid dienone is 1. The lowest BCUT2D eigenvalue weighted by molar-refractivity contribution is -0.131. The number of aromatic carboxylic acids is 1. The van der Waals surface area contributed by atoms with E-state index in [2.05, 4.69) is 0 Å². The van der Waals surface area contributed by atoms with Crippen molar-refractivity contribution in [1.29, 1.82) is 0 Å². The second-order valence-electron chi connectivity index (χ2n) is 3.05. The maximum absolute atomic E-state index is 10.6. The first-order chi connectivity index (χ1) is 7.00. The number of carbonyl (C=O) groups is 2. The van der Waals surface area contributed by atoms with E-state index in [4.69, 9.17) is 10.2 Å². The van der Waals surface area contributed by atoms with Crippen molar-refractivity contribution < 1.29 is 19.8 Å². The fourth-order valence-electron chi connectivity index (χ4n) is 1.14. The van der Waals surface area contributed by atoms with Gasteiger partial charge in [0.2, 0.25) is 0 Å². The maximum atomic E-state index is 10.6. The van der Waals surface area contributed by atoms with Gasteiger partial charge in [-0.05, 0) is 30.2 Å². The van der Waals surface area contributed by atoms with E-state index < -0.39 is 11.9 Å². The number of rotatable bonds is 3. The third-order valence-electron chi connectivity index (χ3n) is 1.93. The van der Waals surface area contributed by atoms with Crippen molar-refractivity contribution in [3.63, 3.8) is 0 Å². The Hall–Kier alpha value is -2.10. The monoisotopic (exact) mass is 206 g/mol. The molecule has 1 aromatic rings. The Kier molecular flexibility index (Phi) is 3.23. The van der Waals surface area contributed by atoms with Crippen LogP contribution in [-0.2, 0) is 4.79 Å². The second-order valence-corrected chi connectivity index (χ2v) is 3.05. The zero-order chi connectivity index (χ0) is 11.4. The Morgan fingerprint density at radius 1 is 1.07 bits per heavy atom. The molecule has 0 aliphatic heterocycles. The van der Waals surface area contributed by atoms with Crippen LogP contribution in [0.3, 0.4) is 0 Å². The zero-order valence-electron chi connectivity index (χ0n) is 8.10. The first-order valence-corrected chi connectivity index (χ1v) is 4.25.